The van der Waals surface area contributed by atoms with Gasteiger partial charge in [-0.2, -0.15) is 5.10 Å². The Bertz CT molecular complexity index is 721. The zero-order chi connectivity index (χ0) is 18.4. The maximum Gasteiger partial charge on any atom is 0.337 e. The van der Waals surface area contributed by atoms with Crippen molar-refractivity contribution in [2.75, 3.05) is 26.1 Å². The summed E-state index contributed by atoms with van der Waals surface area (Å²) in [5.41, 5.74) is 8.91. The molecule has 1 aromatic carbocycles. The molecule has 2 N–H and O–H groups in total. The highest BCUT2D eigenvalue weighted by molar-refractivity contribution is 5.89. The van der Waals surface area contributed by atoms with Crippen LogP contribution >= 0.6 is 0 Å². The van der Waals surface area contributed by atoms with Gasteiger partial charge in [-0.15, -0.1) is 0 Å². The molecule has 1 aliphatic heterocycles. The number of ether oxygens (including phenoxy) is 3. The summed E-state index contributed by atoms with van der Waals surface area (Å²) in [6, 6.07) is 7.03. The molecule has 7 heteroatoms. The molecule has 26 heavy (non-hydrogen) atoms. The normalized spacial score (nSPS) is 17.2. The Balaban J connectivity index is 1.54. The molecule has 2 aromatic rings. The van der Waals surface area contributed by atoms with Crippen molar-refractivity contribution in [3.8, 4) is 5.69 Å². The van der Waals surface area contributed by atoms with E-state index in [9.17, 15) is 4.79 Å². The fourth-order valence-corrected chi connectivity index (χ4v) is 2.91. The van der Waals surface area contributed by atoms with Gasteiger partial charge in [-0.05, 0) is 56.4 Å². The van der Waals surface area contributed by atoms with Crippen molar-refractivity contribution in [1.29, 1.82) is 0 Å². The molecule has 1 aliphatic rings. The average molecular weight is 359 g/mol. The number of rotatable bonds is 7. The monoisotopic (exact) mass is 359 g/mol. The molecular formula is C19H25N3O4. The summed E-state index contributed by atoms with van der Waals surface area (Å²) in [4.78, 5) is 11.5. The predicted molar refractivity (Wildman–Crippen MR) is 97.2 cm³/mol. The van der Waals surface area contributed by atoms with E-state index >= 15 is 0 Å². The van der Waals surface area contributed by atoms with E-state index in [1.54, 1.807) is 23.0 Å². The van der Waals surface area contributed by atoms with Gasteiger partial charge >= 0.3 is 5.97 Å². The van der Waals surface area contributed by atoms with Gasteiger partial charge in [-0.3, -0.25) is 0 Å². The van der Waals surface area contributed by atoms with Crippen LogP contribution in [-0.2, 0) is 20.6 Å². The first-order valence-electron chi connectivity index (χ1n) is 8.93. The molecule has 0 saturated carbocycles. The number of esters is 1. The smallest absolute Gasteiger partial charge is 0.337 e. The molecule has 1 saturated heterocycles. The quantitative estimate of drug-likeness (QED) is 0.604. The Hall–Kier alpha value is -2.38. The van der Waals surface area contributed by atoms with Gasteiger partial charge in [-0.25, -0.2) is 9.48 Å². The van der Waals surface area contributed by atoms with E-state index in [1.165, 1.54) is 7.11 Å². The number of hydrogen-bond donors (Lipinski definition) is 1. The first kappa shape index (κ1) is 18.4. The van der Waals surface area contributed by atoms with Gasteiger partial charge in [0, 0.05) is 6.61 Å². The van der Waals surface area contributed by atoms with Gasteiger partial charge in [0.05, 0.1) is 42.5 Å². The molecule has 140 valence electrons. The third kappa shape index (κ3) is 4.62. The summed E-state index contributed by atoms with van der Waals surface area (Å²) in [7, 11) is 1.36. The van der Waals surface area contributed by atoms with Gasteiger partial charge in [0.2, 0.25) is 0 Å². The first-order valence-corrected chi connectivity index (χ1v) is 8.93. The number of nitrogen functional groups attached to an aromatic ring is 1. The SMILES string of the molecule is COC(=O)c1ccc(-n2cc(N)c(CCCO[C@H]3CCCCO3)n2)cc1. The second-order valence-corrected chi connectivity index (χ2v) is 6.28. The van der Waals surface area contributed by atoms with E-state index < -0.39 is 0 Å². The summed E-state index contributed by atoms with van der Waals surface area (Å²) in [5, 5.41) is 4.55. The Kier molecular flexibility index (Phi) is 6.25. The zero-order valence-electron chi connectivity index (χ0n) is 15.0. The van der Waals surface area contributed by atoms with Crippen molar-refractivity contribution in [1.82, 2.24) is 9.78 Å². The summed E-state index contributed by atoms with van der Waals surface area (Å²) in [5.74, 6) is -0.362. The minimum absolute atomic E-state index is 0.0630. The number of hydrogen-bond acceptors (Lipinski definition) is 6. The molecule has 1 fully saturated rings. The maximum atomic E-state index is 11.5. The summed E-state index contributed by atoms with van der Waals surface area (Å²) in [6.45, 7) is 1.42. The van der Waals surface area contributed by atoms with E-state index in [4.69, 9.17) is 19.9 Å². The number of carbonyl (C=O) groups is 1. The average Bonchev–Trinajstić information content (AvgIpc) is 3.06. The number of benzene rings is 1. The standard InChI is InChI=1S/C19H25N3O4/c1-24-19(23)14-7-9-15(10-8-14)22-13-16(20)17(21-22)5-4-12-26-18-6-2-3-11-25-18/h7-10,13,18H,2-6,11-12,20H2,1H3/t18-/m0/s1. The van der Waals surface area contributed by atoms with Crippen molar-refractivity contribution < 1.29 is 19.0 Å². The van der Waals surface area contributed by atoms with E-state index in [0.717, 1.165) is 50.1 Å². The highest BCUT2D eigenvalue weighted by Crippen LogP contribution is 2.18. The number of nitrogens with zero attached hydrogens (tertiary/aromatic N) is 2. The van der Waals surface area contributed by atoms with Crippen LogP contribution in [0.25, 0.3) is 5.69 Å². The maximum absolute atomic E-state index is 11.5. The lowest BCUT2D eigenvalue weighted by Crippen LogP contribution is -2.22. The van der Waals surface area contributed by atoms with Crippen LogP contribution in [0.3, 0.4) is 0 Å². The lowest BCUT2D eigenvalue weighted by Gasteiger charge is -2.22. The van der Waals surface area contributed by atoms with Gasteiger partial charge < -0.3 is 19.9 Å². The molecule has 7 nitrogen and oxygen atoms in total. The first-order chi connectivity index (χ1) is 12.7. The second kappa shape index (κ2) is 8.82. The van der Waals surface area contributed by atoms with Crippen molar-refractivity contribution in [3.05, 3.63) is 41.7 Å². The molecule has 2 heterocycles. The van der Waals surface area contributed by atoms with Crippen molar-refractivity contribution in [2.45, 2.75) is 38.4 Å². The highest BCUT2D eigenvalue weighted by atomic mass is 16.7. The van der Waals surface area contributed by atoms with Crippen LogP contribution in [0.15, 0.2) is 30.5 Å². The van der Waals surface area contributed by atoms with E-state index in [0.29, 0.717) is 17.9 Å². The van der Waals surface area contributed by atoms with Crippen molar-refractivity contribution in [2.24, 2.45) is 0 Å². The molecule has 0 aliphatic carbocycles. The number of carbonyl (C=O) groups excluding carboxylic acids is 1. The summed E-state index contributed by atoms with van der Waals surface area (Å²) in [6.07, 6.45) is 6.55. The van der Waals surface area contributed by atoms with Crippen LogP contribution in [0, 0.1) is 0 Å². The molecule has 3 rings (SSSR count). The Labute approximate surface area is 153 Å². The third-order valence-electron chi connectivity index (χ3n) is 4.38. The van der Waals surface area contributed by atoms with Gasteiger partial charge in [0.1, 0.15) is 0 Å². The molecule has 0 amide bonds. The number of aryl methyl sites for hydroxylation is 1. The lowest BCUT2D eigenvalue weighted by atomic mass is 10.2. The van der Waals surface area contributed by atoms with Gasteiger partial charge in [0.25, 0.3) is 0 Å². The lowest BCUT2D eigenvalue weighted by molar-refractivity contribution is -0.162. The number of aromatic nitrogens is 2. The van der Waals surface area contributed by atoms with E-state index in [1.807, 2.05) is 12.1 Å². The third-order valence-corrected chi connectivity index (χ3v) is 4.38. The predicted octanol–water partition coefficient (Wildman–Crippen LogP) is 2.72. The second-order valence-electron chi connectivity index (χ2n) is 6.28. The minimum Gasteiger partial charge on any atom is -0.465 e. The van der Waals surface area contributed by atoms with Crippen LogP contribution in [0.2, 0.25) is 0 Å². The topological polar surface area (TPSA) is 88.6 Å². The summed E-state index contributed by atoms with van der Waals surface area (Å²) < 4.78 is 17.7. The van der Waals surface area contributed by atoms with Crippen molar-refractivity contribution in [3.63, 3.8) is 0 Å². The zero-order valence-corrected chi connectivity index (χ0v) is 15.0. The number of anilines is 1. The molecule has 0 spiro atoms. The fourth-order valence-electron chi connectivity index (χ4n) is 2.91. The molecular weight excluding hydrogens is 334 g/mol. The molecule has 0 unspecified atom stereocenters. The molecule has 1 atom stereocenters. The van der Waals surface area contributed by atoms with Crippen LogP contribution in [0.4, 0.5) is 5.69 Å². The highest BCUT2D eigenvalue weighted by Gasteiger charge is 2.14. The van der Waals surface area contributed by atoms with Crippen LogP contribution in [0.5, 0.6) is 0 Å². The van der Waals surface area contributed by atoms with Gasteiger partial charge in [-0.1, -0.05) is 0 Å². The fraction of sp³-hybridized carbons (Fsp3) is 0.474. The number of methoxy groups -OCH3 is 1. The molecule has 1 aromatic heterocycles. The Morgan fingerprint density at radius 3 is 2.85 bits per heavy atom. The Morgan fingerprint density at radius 2 is 2.15 bits per heavy atom. The van der Waals surface area contributed by atoms with Gasteiger partial charge in [0.15, 0.2) is 6.29 Å². The van der Waals surface area contributed by atoms with Crippen molar-refractivity contribution >= 4 is 11.7 Å². The number of nitrogens with two attached hydrogens (primary N) is 1. The van der Waals surface area contributed by atoms with Crippen LogP contribution in [-0.4, -0.2) is 42.4 Å². The molecule has 0 radical (unpaired) electrons. The Morgan fingerprint density at radius 1 is 1.35 bits per heavy atom. The van der Waals surface area contributed by atoms with E-state index in [-0.39, 0.29) is 12.3 Å². The van der Waals surface area contributed by atoms with Crippen LogP contribution in [0.1, 0.15) is 41.7 Å². The summed E-state index contributed by atoms with van der Waals surface area (Å²) >= 11 is 0. The van der Waals surface area contributed by atoms with E-state index in [2.05, 4.69) is 5.10 Å². The largest absolute Gasteiger partial charge is 0.465 e. The van der Waals surface area contributed by atoms with Crippen LogP contribution < -0.4 is 5.73 Å². The molecule has 0 bridgehead atoms. The minimum atomic E-state index is -0.362.